The fraction of sp³-hybridized carbons (Fsp3) is 0.333. The van der Waals surface area contributed by atoms with Crippen LogP contribution in [0.25, 0.3) is 11.5 Å². The molecule has 1 heterocycles. The fourth-order valence-corrected chi connectivity index (χ4v) is 2.02. The molecule has 0 aliphatic carbocycles. The largest absolute Gasteiger partial charge is 0.497 e. The summed E-state index contributed by atoms with van der Waals surface area (Å²) < 4.78 is 15.8. The number of methoxy groups -OCH3 is 2. The van der Waals surface area contributed by atoms with Gasteiger partial charge in [-0.3, -0.25) is 0 Å². The van der Waals surface area contributed by atoms with Gasteiger partial charge in [0.05, 0.1) is 25.5 Å². The Morgan fingerprint density at radius 2 is 2.10 bits per heavy atom. The number of rotatable bonds is 6. The average molecular weight is 291 g/mol. The minimum absolute atomic E-state index is 0.121. The lowest BCUT2D eigenvalue weighted by Gasteiger charge is -2.07. The number of benzene rings is 1. The Bertz CT molecular complexity index is 648. The van der Waals surface area contributed by atoms with E-state index < -0.39 is 5.97 Å². The second-order valence-electron chi connectivity index (χ2n) is 4.42. The van der Waals surface area contributed by atoms with E-state index in [2.05, 4.69) is 4.98 Å². The summed E-state index contributed by atoms with van der Waals surface area (Å²) in [6.45, 7) is 1.95. The number of carbonyl (C=O) groups is 1. The van der Waals surface area contributed by atoms with Gasteiger partial charge < -0.3 is 19.0 Å². The zero-order chi connectivity index (χ0) is 15.4. The molecule has 6 nitrogen and oxygen atoms in total. The highest BCUT2D eigenvalue weighted by atomic mass is 16.5. The van der Waals surface area contributed by atoms with Crippen molar-refractivity contribution in [3.05, 3.63) is 29.7 Å². The number of nitrogens with zero attached hydrogens (tertiary/aromatic N) is 1. The van der Waals surface area contributed by atoms with Crippen molar-refractivity contribution in [1.29, 1.82) is 0 Å². The fourth-order valence-electron chi connectivity index (χ4n) is 2.02. The molecule has 112 valence electrons. The lowest BCUT2D eigenvalue weighted by atomic mass is 10.2. The van der Waals surface area contributed by atoms with Crippen molar-refractivity contribution >= 4 is 5.97 Å². The Labute approximate surface area is 122 Å². The van der Waals surface area contributed by atoms with E-state index in [-0.39, 0.29) is 11.7 Å². The third-order valence-corrected chi connectivity index (χ3v) is 3.02. The zero-order valence-electron chi connectivity index (χ0n) is 12.2. The van der Waals surface area contributed by atoms with Crippen molar-refractivity contribution in [1.82, 2.24) is 4.98 Å². The highest BCUT2D eigenvalue weighted by Gasteiger charge is 2.21. The van der Waals surface area contributed by atoms with E-state index in [1.54, 1.807) is 25.3 Å². The van der Waals surface area contributed by atoms with Crippen molar-refractivity contribution in [3.8, 4) is 23.0 Å². The van der Waals surface area contributed by atoms with Crippen molar-refractivity contribution in [3.63, 3.8) is 0 Å². The van der Waals surface area contributed by atoms with Crippen LogP contribution >= 0.6 is 0 Å². The summed E-state index contributed by atoms with van der Waals surface area (Å²) in [6.07, 6.45) is 1.33. The molecule has 0 unspecified atom stereocenters. The summed E-state index contributed by atoms with van der Waals surface area (Å²) in [5, 5.41) is 9.18. The maximum Gasteiger partial charge on any atom is 0.373 e. The van der Waals surface area contributed by atoms with Crippen molar-refractivity contribution < 1.29 is 23.8 Å². The molecule has 1 N–H and O–H groups in total. The number of hydrogen-bond acceptors (Lipinski definition) is 5. The van der Waals surface area contributed by atoms with Crippen LogP contribution in [-0.4, -0.2) is 30.3 Å². The van der Waals surface area contributed by atoms with Gasteiger partial charge in [0.2, 0.25) is 11.7 Å². The normalized spacial score (nSPS) is 10.4. The number of aromatic nitrogens is 1. The number of aryl methyl sites for hydroxylation is 1. The van der Waals surface area contributed by atoms with Gasteiger partial charge >= 0.3 is 5.97 Å². The van der Waals surface area contributed by atoms with Gasteiger partial charge in [-0.15, -0.1) is 0 Å². The summed E-state index contributed by atoms with van der Waals surface area (Å²) in [4.78, 5) is 15.5. The Morgan fingerprint density at radius 3 is 2.67 bits per heavy atom. The standard InChI is InChI=1S/C15H17NO5/c1-4-5-11-13(15(17)18)21-14(16-11)10-7-6-9(19-2)8-12(10)20-3/h6-8H,4-5H2,1-3H3,(H,17,18). The quantitative estimate of drug-likeness (QED) is 0.881. The summed E-state index contributed by atoms with van der Waals surface area (Å²) in [5.41, 5.74) is 1.03. The van der Waals surface area contributed by atoms with Crippen molar-refractivity contribution in [2.75, 3.05) is 14.2 Å². The molecule has 0 fully saturated rings. The maximum atomic E-state index is 11.2. The molecule has 0 aliphatic heterocycles. The SMILES string of the molecule is CCCc1nc(-c2ccc(OC)cc2OC)oc1C(=O)O. The van der Waals surface area contributed by atoms with E-state index in [0.717, 1.165) is 6.42 Å². The molecule has 2 aromatic rings. The van der Waals surface area contributed by atoms with Gasteiger partial charge in [-0.1, -0.05) is 13.3 Å². The Hall–Kier alpha value is -2.50. The van der Waals surface area contributed by atoms with Crippen LogP contribution in [0.3, 0.4) is 0 Å². The Balaban J connectivity index is 2.51. The lowest BCUT2D eigenvalue weighted by Crippen LogP contribution is -1.99. The third kappa shape index (κ3) is 2.99. The molecule has 0 saturated carbocycles. The van der Waals surface area contributed by atoms with Gasteiger partial charge in [0.1, 0.15) is 11.5 Å². The van der Waals surface area contributed by atoms with Gasteiger partial charge in [0.15, 0.2) is 0 Å². The molecule has 6 heteroatoms. The second kappa shape index (κ2) is 6.30. The molecular weight excluding hydrogens is 274 g/mol. The Morgan fingerprint density at radius 1 is 1.33 bits per heavy atom. The van der Waals surface area contributed by atoms with Gasteiger partial charge in [-0.2, -0.15) is 0 Å². The maximum absolute atomic E-state index is 11.2. The smallest absolute Gasteiger partial charge is 0.373 e. The molecule has 1 aromatic heterocycles. The van der Waals surface area contributed by atoms with Crippen LogP contribution in [0, 0.1) is 0 Å². The minimum Gasteiger partial charge on any atom is -0.497 e. The number of carboxylic acid groups (broad SMARTS) is 1. The van der Waals surface area contributed by atoms with Crippen molar-refractivity contribution in [2.24, 2.45) is 0 Å². The number of carboxylic acids is 1. The molecule has 0 radical (unpaired) electrons. The molecule has 1 aromatic carbocycles. The van der Waals surface area contributed by atoms with Crippen LogP contribution in [0.2, 0.25) is 0 Å². The van der Waals surface area contributed by atoms with Crippen molar-refractivity contribution in [2.45, 2.75) is 19.8 Å². The van der Waals surface area contributed by atoms with E-state index in [1.807, 2.05) is 6.92 Å². The first-order chi connectivity index (χ1) is 10.1. The third-order valence-electron chi connectivity index (χ3n) is 3.02. The van der Waals surface area contributed by atoms with E-state index >= 15 is 0 Å². The second-order valence-corrected chi connectivity index (χ2v) is 4.42. The van der Waals surface area contributed by atoms with Crippen LogP contribution in [0.1, 0.15) is 29.6 Å². The van der Waals surface area contributed by atoms with Gasteiger partial charge in [0, 0.05) is 6.07 Å². The lowest BCUT2D eigenvalue weighted by molar-refractivity contribution is 0.0661. The van der Waals surface area contributed by atoms with Gasteiger partial charge in [0.25, 0.3) is 0 Å². The summed E-state index contributed by atoms with van der Waals surface area (Å²) in [7, 11) is 3.08. The van der Waals surface area contributed by atoms with E-state index in [9.17, 15) is 9.90 Å². The molecule has 0 bridgehead atoms. The Kier molecular flexibility index (Phi) is 4.47. The molecule has 0 aliphatic rings. The molecular formula is C15H17NO5. The summed E-state index contributed by atoms with van der Waals surface area (Å²) >= 11 is 0. The highest BCUT2D eigenvalue weighted by Crippen LogP contribution is 2.34. The predicted octanol–water partition coefficient (Wildman–Crippen LogP) is 3.01. The van der Waals surface area contributed by atoms with Gasteiger partial charge in [-0.05, 0) is 18.6 Å². The monoisotopic (exact) mass is 291 g/mol. The predicted molar refractivity (Wildman–Crippen MR) is 76.0 cm³/mol. The van der Waals surface area contributed by atoms with Crippen LogP contribution in [0.5, 0.6) is 11.5 Å². The molecule has 0 spiro atoms. The van der Waals surface area contributed by atoms with Crippen LogP contribution < -0.4 is 9.47 Å². The topological polar surface area (TPSA) is 81.8 Å². The van der Waals surface area contributed by atoms with Crippen LogP contribution in [-0.2, 0) is 6.42 Å². The number of aromatic carboxylic acids is 1. The minimum atomic E-state index is -1.12. The number of hydrogen-bond donors (Lipinski definition) is 1. The summed E-state index contributed by atoms with van der Waals surface area (Å²) in [6, 6.07) is 5.16. The van der Waals surface area contributed by atoms with Crippen LogP contribution in [0.15, 0.2) is 22.6 Å². The molecule has 0 atom stereocenters. The molecule has 0 amide bonds. The first kappa shape index (κ1) is 14.9. The highest BCUT2D eigenvalue weighted by molar-refractivity contribution is 5.86. The van der Waals surface area contributed by atoms with Gasteiger partial charge in [-0.25, -0.2) is 9.78 Å². The zero-order valence-corrected chi connectivity index (χ0v) is 12.2. The number of oxazole rings is 1. The van der Waals surface area contributed by atoms with E-state index in [1.165, 1.54) is 7.11 Å². The first-order valence-electron chi connectivity index (χ1n) is 6.56. The molecule has 0 saturated heterocycles. The van der Waals surface area contributed by atoms with E-state index in [0.29, 0.717) is 29.2 Å². The van der Waals surface area contributed by atoms with E-state index in [4.69, 9.17) is 13.9 Å². The summed E-state index contributed by atoms with van der Waals surface area (Å²) in [5.74, 6) is 0.134. The number of ether oxygens (including phenoxy) is 2. The van der Waals surface area contributed by atoms with Crippen LogP contribution in [0.4, 0.5) is 0 Å². The first-order valence-corrected chi connectivity index (χ1v) is 6.56. The molecule has 2 rings (SSSR count). The average Bonchev–Trinajstić information content (AvgIpc) is 2.91. The molecule has 21 heavy (non-hydrogen) atoms.